The Morgan fingerprint density at radius 3 is 2.25 bits per heavy atom. The SMILES string of the molecule is CC(C)Cc1cc2c(-c3ccc(CN)cc3)cccc2[cH-]1.[Cl-].[Cl-].[Zr+3]. The molecule has 1 radical (unpaired) electrons. The molecule has 0 saturated heterocycles. The summed E-state index contributed by atoms with van der Waals surface area (Å²) in [5.41, 5.74) is 10.9. The molecule has 0 amide bonds. The topological polar surface area (TPSA) is 26.0 Å². The predicted octanol–water partition coefficient (Wildman–Crippen LogP) is -1.11. The third-order valence-electron chi connectivity index (χ3n) is 3.96. The summed E-state index contributed by atoms with van der Waals surface area (Å²) in [6.07, 6.45) is 1.14. The van der Waals surface area contributed by atoms with Crippen LogP contribution in [0.2, 0.25) is 0 Å². The summed E-state index contributed by atoms with van der Waals surface area (Å²) in [5.74, 6) is 0.689. The van der Waals surface area contributed by atoms with Crippen molar-refractivity contribution in [3.63, 3.8) is 0 Å². The first-order chi connectivity index (χ1) is 10.2. The number of fused-ring (bicyclic) bond motifs is 1. The summed E-state index contributed by atoms with van der Waals surface area (Å²) in [6.45, 7) is 5.13. The Labute approximate surface area is 176 Å². The van der Waals surface area contributed by atoms with E-state index in [0.717, 1.165) is 6.42 Å². The van der Waals surface area contributed by atoms with E-state index in [1.165, 1.54) is 33.0 Å². The van der Waals surface area contributed by atoms with Crippen LogP contribution < -0.4 is 30.5 Å². The number of hydrogen-bond donors (Lipinski definition) is 1. The van der Waals surface area contributed by atoms with Crippen molar-refractivity contribution in [2.45, 2.75) is 26.8 Å². The van der Waals surface area contributed by atoms with Crippen LogP contribution in [0.5, 0.6) is 0 Å². The molecule has 0 saturated carbocycles. The largest absolute Gasteiger partial charge is 3.00 e. The summed E-state index contributed by atoms with van der Waals surface area (Å²) in [4.78, 5) is 0. The smallest absolute Gasteiger partial charge is 1.00 e. The van der Waals surface area contributed by atoms with Crippen LogP contribution in [0, 0.1) is 5.92 Å². The Kier molecular flexibility index (Phi) is 10.2. The molecule has 0 bridgehead atoms. The molecule has 0 unspecified atom stereocenters. The van der Waals surface area contributed by atoms with Gasteiger partial charge in [-0.25, -0.2) is 0 Å². The van der Waals surface area contributed by atoms with Gasteiger partial charge in [0.2, 0.25) is 0 Å². The van der Waals surface area contributed by atoms with Crippen molar-refractivity contribution in [2.75, 3.05) is 0 Å². The van der Waals surface area contributed by atoms with E-state index in [2.05, 4.69) is 68.4 Å². The van der Waals surface area contributed by atoms with E-state index >= 15 is 0 Å². The summed E-state index contributed by atoms with van der Waals surface area (Å²) in [5, 5.41) is 2.69. The van der Waals surface area contributed by atoms with Gasteiger partial charge in [-0.15, -0.1) is 34.5 Å². The van der Waals surface area contributed by atoms with E-state index in [4.69, 9.17) is 5.73 Å². The van der Waals surface area contributed by atoms with E-state index in [1.54, 1.807) is 0 Å². The molecule has 3 aromatic carbocycles. The number of halogens is 2. The normalized spacial score (nSPS) is 10.0. The Morgan fingerprint density at radius 1 is 1.00 bits per heavy atom. The fourth-order valence-corrected chi connectivity index (χ4v) is 2.96. The van der Waals surface area contributed by atoms with Crippen LogP contribution in [-0.2, 0) is 39.2 Å². The standard InChI is InChI=1S/C20H22N.2ClH.Zr/c1-14(2)10-16-11-18-4-3-5-19(20(18)12-16)17-8-6-15(13-21)7-9-17;;;/h3-9,11-12,14H,10,13,21H2,1-2H3;2*1H;/q-1;;;+3/p-2. The molecule has 125 valence electrons. The molecule has 4 heteroatoms. The van der Waals surface area contributed by atoms with Crippen molar-refractivity contribution < 1.29 is 51.0 Å². The van der Waals surface area contributed by atoms with Crippen molar-refractivity contribution in [1.29, 1.82) is 0 Å². The fraction of sp³-hybridized carbons (Fsp3) is 0.250. The third kappa shape index (κ3) is 5.23. The van der Waals surface area contributed by atoms with Crippen LogP contribution in [0.3, 0.4) is 0 Å². The molecule has 24 heavy (non-hydrogen) atoms. The van der Waals surface area contributed by atoms with Gasteiger partial charge < -0.3 is 30.5 Å². The van der Waals surface area contributed by atoms with E-state index < -0.39 is 0 Å². The molecular weight excluding hydrogens is 416 g/mol. The van der Waals surface area contributed by atoms with Crippen molar-refractivity contribution in [3.8, 4) is 11.1 Å². The first-order valence-corrected chi connectivity index (χ1v) is 7.65. The quantitative estimate of drug-likeness (QED) is 0.514. The van der Waals surface area contributed by atoms with E-state index in [1.807, 2.05) is 0 Å². The second-order valence-corrected chi connectivity index (χ2v) is 6.17. The first-order valence-electron chi connectivity index (χ1n) is 7.65. The zero-order valence-corrected chi connectivity index (χ0v) is 18.0. The molecule has 3 rings (SSSR count). The van der Waals surface area contributed by atoms with Gasteiger partial charge in [0.15, 0.2) is 0 Å². The van der Waals surface area contributed by atoms with E-state index in [9.17, 15) is 0 Å². The fourth-order valence-electron chi connectivity index (χ4n) is 2.96. The molecule has 0 aromatic heterocycles. The maximum absolute atomic E-state index is 5.68. The maximum atomic E-state index is 5.68. The van der Waals surface area contributed by atoms with Crippen molar-refractivity contribution >= 4 is 10.8 Å². The maximum Gasteiger partial charge on any atom is 3.00 e. The van der Waals surface area contributed by atoms with E-state index in [-0.39, 0.29) is 51.0 Å². The summed E-state index contributed by atoms with van der Waals surface area (Å²) >= 11 is 0. The number of hydrogen-bond acceptors (Lipinski definition) is 1. The molecule has 0 aliphatic heterocycles. The van der Waals surface area contributed by atoms with Gasteiger partial charge in [-0.2, -0.15) is 6.07 Å². The van der Waals surface area contributed by atoms with Crippen molar-refractivity contribution in [1.82, 2.24) is 0 Å². The Bertz CT molecular complexity index is 748. The van der Waals surface area contributed by atoms with Gasteiger partial charge in [0.25, 0.3) is 0 Å². The monoisotopic (exact) mass is 436 g/mol. The number of benzene rings is 2. The Morgan fingerprint density at radius 2 is 1.67 bits per heavy atom. The molecule has 0 fully saturated rings. The minimum atomic E-state index is 0. The summed E-state index contributed by atoms with van der Waals surface area (Å²) in [6, 6.07) is 19.8. The van der Waals surface area contributed by atoms with Crippen LogP contribution in [0.25, 0.3) is 21.9 Å². The van der Waals surface area contributed by atoms with Crippen molar-refractivity contribution in [2.24, 2.45) is 11.7 Å². The van der Waals surface area contributed by atoms with Crippen LogP contribution in [0.4, 0.5) is 0 Å². The van der Waals surface area contributed by atoms with Crippen LogP contribution >= 0.6 is 0 Å². The average Bonchev–Trinajstić information content (AvgIpc) is 2.88. The Balaban J connectivity index is 0.00000176. The molecule has 0 atom stereocenters. The van der Waals surface area contributed by atoms with Gasteiger partial charge in [0.05, 0.1) is 0 Å². The molecule has 1 nitrogen and oxygen atoms in total. The summed E-state index contributed by atoms with van der Waals surface area (Å²) < 4.78 is 0. The van der Waals surface area contributed by atoms with Crippen LogP contribution in [0.1, 0.15) is 25.0 Å². The van der Waals surface area contributed by atoms with Crippen LogP contribution in [0.15, 0.2) is 54.6 Å². The predicted molar refractivity (Wildman–Crippen MR) is 91.4 cm³/mol. The Hall–Kier alpha value is -0.527. The van der Waals surface area contributed by atoms with Gasteiger partial charge in [0.1, 0.15) is 0 Å². The molecule has 0 spiro atoms. The molecule has 3 aromatic rings. The van der Waals surface area contributed by atoms with Crippen molar-refractivity contribution in [3.05, 3.63) is 65.7 Å². The molecule has 0 aliphatic rings. The zero-order valence-electron chi connectivity index (χ0n) is 14.0. The average molecular weight is 439 g/mol. The van der Waals surface area contributed by atoms with Gasteiger partial charge in [-0.05, 0) is 23.5 Å². The van der Waals surface area contributed by atoms with Gasteiger partial charge in [-0.3, -0.25) is 0 Å². The number of nitrogens with two attached hydrogens (primary N) is 1. The van der Waals surface area contributed by atoms with Gasteiger partial charge in [0, 0.05) is 6.54 Å². The first kappa shape index (κ1) is 23.5. The van der Waals surface area contributed by atoms with Gasteiger partial charge >= 0.3 is 26.2 Å². The minimum absolute atomic E-state index is 0. The van der Waals surface area contributed by atoms with Crippen LogP contribution in [-0.4, -0.2) is 0 Å². The number of rotatable bonds is 4. The zero-order chi connectivity index (χ0) is 14.8. The minimum Gasteiger partial charge on any atom is -1.00 e. The molecule has 0 aliphatic carbocycles. The van der Waals surface area contributed by atoms with E-state index in [0.29, 0.717) is 12.5 Å². The summed E-state index contributed by atoms with van der Waals surface area (Å²) in [7, 11) is 0. The molecule has 0 heterocycles. The van der Waals surface area contributed by atoms with Gasteiger partial charge in [-0.1, -0.05) is 49.7 Å². The third-order valence-corrected chi connectivity index (χ3v) is 3.96. The second kappa shape index (κ2) is 10.5. The molecule has 2 N–H and O–H groups in total. The second-order valence-electron chi connectivity index (χ2n) is 6.17. The molecular formula is C20H22Cl2NZr.